The van der Waals surface area contributed by atoms with Crippen molar-refractivity contribution in [1.82, 2.24) is 25.7 Å². The summed E-state index contributed by atoms with van der Waals surface area (Å²) in [6.45, 7) is 5.85. The molecule has 2 amide bonds. The molecule has 0 spiro atoms. The van der Waals surface area contributed by atoms with Crippen molar-refractivity contribution in [1.29, 1.82) is 0 Å². The van der Waals surface area contributed by atoms with E-state index in [-0.39, 0.29) is 24.4 Å². The molecule has 1 unspecified atom stereocenters. The number of aromatic amines is 1. The predicted molar refractivity (Wildman–Crippen MR) is 79.0 cm³/mol. The topological polar surface area (TPSA) is 102 Å². The second-order valence-corrected chi connectivity index (χ2v) is 5.16. The molecule has 4 N–H and O–H groups in total. The lowest BCUT2D eigenvalue weighted by Gasteiger charge is -2.34. The van der Waals surface area contributed by atoms with E-state index in [1.54, 1.807) is 7.05 Å². The van der Waals surface area contributed by atoms with Gasteiger partial charge in [-0.1, -0.05) is 0 Å². The second-order valence-electron chi connectivity index (χ2n) is 5.16. The highest BCUT2D eigenvalue weighted by molar-refractivity contribution is 5.94. The fourth-order valence-electron chi connectivity index (χ4n) is 2.46. The number of carbonyl (C=O) groups excluding carboxylic acids is 2. The molecule has 2 heterocycles. The van der Waals surface area contributed by atoms with Gasteiger partial charge >= 0.3 is 0 Å². The number of carbonyl (C=O) groups is 2. The molecule has 1 atom stereocenters. The third-order valence-electron chi connectivity index (χ3n) is 3.64. The van der Waals surface area contributed by atoms with Crippen molar-refractivity contribution in [2.24, 2.45) is 0 Å². The molecule has 8 nitrogen and oxygen atoms in total. The zero-order valence-corrected chi connectivity index (χ0v) is 12.6. The smallest absolute Gasteiger partial charge is 0.238 e. The molecule has 0 aromatic carbocycles. The third-order valence-corrected chi connectivity index (χ3v) is 3.64. The van der Waals surface area contributed by atoms with E-state index >= 15 is 0 Å². The summed E-state index contributed by atoms with van der Waals surface area (Å²) in [6, 6.07) is -0.318. The SMILES string of the molecule is CNC(=O)C1CNCCN1CC(=O)Nc1c(C)n[nH]c1C. The van der Waals surface area contributed by atoms with Crippen molar-refractivity contribution in [3.8, 4) is 0 Å². The van der Waals surface area contributed by atoms with Crippen LogP contribution >= 0.6 is 0 Å². The van der Waals surface area contributed by atoms with Gasteiger partial charge in [-0.2, -0.15) is 5.10 Å². The van der Waals surface area contributed by atoms with Crippen LogP contribution in [0.15, 0.2) is 0 Å². The molecule has 0 saturated carbocycles. The van der Waals surface area contributed by atoms with E-state index in [1.807, 2.05) is 18.7 Å². The minimum Gasteiger partial charge on any atom is -0.358 e. The summed E-state index contributed by atoms with van der Waals surface area (Å²) < 4.78 is 0. The Hall–Kier alpha value is -1.93. The number of piperazine rings is 1. The molecular weight excluding hydrogens is 272 g/mol. The molecule has 0 radical (unpaired) electrons. The highest BCUT2D eigenvalue weighted by Crippen LogP contribution is 2.16. The Bertz CT molecular complexity index is 507. The van der Waals surface area contributed by atoms with Gasteiger partial charge in [0.15, 0.2) is 0 Å². The molecule has 2 rings (SSSR count). The van der Waals surface area contributed by atoms with Gasteiger partial charge in [-0.25, -0.2) is 0 Å². The van der Waals surface area contributed by atoms with Gasteiger partial charge in [-0.15, -0.1) is 0 Å². The van der Waals surface area contributed by atoms with Crippen LogP contribution in [0.3, 0.4) is 0 Å². The first-order chi connectivity index (χ1) is 10.0. The van der Waals surface area contributed by atoms with Crippen molar-refractivity contribution in [3.63, 3.8) is 0 Å². The quantitative estimate of drug-likeness (QED) is 0.569. The number of hydrogen-bond acceptors (Lipinski definition) is 5. The summed E-state index contributed by atoms with van der Waals surface area (Å²) in [5.41, 5.74) is 2.29. The largest absolute Gasteiger partial charge is 0.358 e. The molecule has 8 heteroatoms. The van der Waals surface area contributed by atoms with Crippen molar-refractivity contribution < 1.29 is 9.59 Å². The first-order valence-electron chi connectivity index (χ1n) is 7.00. The highest BCUT2D eigenvalue weighted by atomic mass is 16.2. The maximum atomic E-state index is 12.2. The summed E-state index contributed by atoms with van der Waals surface area (Å²) in [6.07, 6.45) is 0. The Labute approximate surface area is 123 Å². The maximum Gasteiger partial charge on any atom is 0.238 e. The number of nitrogens with one attached hydrogen (secondary N) is 4. The fraction of sp³-hybridized carbons (Fsp3) is 0.615. The Morgan fingerprint density at radius 3 is 2.81 bits per heavy atom. The molecule has 1 aromatic heterocycles. The van der Waals surface area contributed by atoms with Gasteiger partial charge in [0.1, 0.15) is 6.04 Å². The number of H-pyrrole nitrogens is 1. The van der Waals surface area contributed by atoms with Crippen LogP contribution in [0.2, 0.25) is 0 Å². The van der Waals surface area contributed by atoms with E-state index in [0.29, 0.717) is 18.8 Å². The molecule has 1 fully saturated rings. The summed E-state index contributed by atoms with van der Waals surface area (Å²) in [5.74, 6) is -0.218. The lowest BCUT2D eigenvalue weighted by molar-refractivity contribution is -0.128. The van der Waals surface area contributed by atoms with Gasteiger partial charge in [-0.3, -0.25) is 19.6 Å². The monoisotopic (exact) mass is 294 g/mol. The van der Waals surface area contributed by atoms with Crippen molar-refractivity contribution in [3.05, 3.63) is 11.4 Å². The van der Waals surface area contributed by atoms with Gasteiger partial charge in [0.25, 0.3) is 0 Å². The summed E-state index contributed by atoms with van der Waals surface area (Å²) >= 11 is 0. The number of amides is 2. The van der Waals surface area contributed by atoms with Gasteiger partial charge in [0.2, 0.25) is 11.8 Å². The molecule has 0 bridgehead atoms. The third kappa shape index (κ3) is 3.59. The zero-order chi connectivity index (χ0) is 15.4. The van der Waals surface area contributed by atoms with E-state index in [0.717, 1.165) is 17.9 Å². The summed E-state index contributed by atoms with van der Waals surface area (Å²) in [4.78, 5) is 25.9. The lowest BCUT2D eigenvalue weighted by Crippen LogP contribution is -2.58. The Morgan fingerprint density at radius 2 is 2.19 bits per heavy atom. The van der Waals surface area contributed by atoms with Crippen LogP contribution in [0, 0.1) is 13.8 Å². The average Bonchev–Trinajstić information content (AvgIpc) is 2.79. The molecule has 21 heavy (non-hydrogen) atoms. The maximum absolute atomic E-state index is 12.2. The lowest BCUT2D eigenvalue weighted by atomic mass is 10.1. The van der Waals surface area contributed by atoms with E-state index < -0.39 is 0 Å². The van der Waals surface area contributed by atoms with Crippen molar-refractivity contribution in [2.75, 3.05) is 38.5 Å². The minimum absolute atomic E-state index is 0.0781. The standard InChI is InChI=1S/C13H22N6O2/c1-8-12(9(2)18-17-8)16-11(20)7-19-5-4-15-6-10(19)13(21)14-3/h10,15H,4-7H2,1-3H3,(H,14,21)(H,16,20)(H,17,18). The molecule has 1 aromatic rings. The zero-order valence-electron chi connectivity index (χ0n) is 12.6. The van der Waals surface area contributed by atoms with Gasteiger partial charge in [-0.05, 0) is 13.8 Å². The first-order valence-corrected chi connectivity index (χ1v) is 7.00. The van der Waals surface area contributed by atoms with Crippen LogP contribution in [0.4, 0.5) is 5.69 Å². The Kier molecular flexibility index (Phi) is 4.92. The molecule has 1 aliphatic heterocycles. The van der Waals surface area contributed by atoms with Crippen LogP contribution < -0.4 is 16.0 Å². The minimum atomic E-state index is -0.318. The van der Waals surface area contributed by atoms with Crippen LogP contribution in [0.1, 0.15) is 11.4 Å². The first kappa shape index (κ1) is 15.5. The van der Waals surface area contributed by atoms with E-state index in [1.165, 1.54) is 0 Å². The van der Waals surface area contributed by atoms with E-state index in [9.17, 15) is 9.59 Å². The second kappa shape index (κ2) is 6.68. The molecule has 1 saturated heterocycles. The van der Waals surface area contributed by atoms with Gasteiger partial charge < -0.3 is 16.0 Å². The average molecular weight is 294 g/mol. The molecule has 0 aliphatic carbocycles. The number of likely N-dealkylation sites (N-methyl/N-ethyl adjacent to an activating group) is 1. The molecule has 1 aliphatic rings. The number of aryl methyl sites for hydroxylation is 2. The van der Waals surface area contributed by atoms with Crippen LogP contribution in [-0.2, 0) is 9.59 Å². The van der Waals surface area contributed by atoms with Crippen LogP contribution in [0.5, 0.6) is 0 Å². The number of anilines is 1. The number of aromatic nitrogens is 2. The summed E-state index contributed by atoms with van der Waals surface area (Å²) in [7, 11) is 1.60. The molecule has 116 valence electrons. The van der Waals surface area contributed by atoms with Gasteiger partial charge in [0, 0.05) is 26.7 Å². The number of rotatable bonds is 4. The van der Waals surface area contributed by atoms with Crippen LogP contribution in [0.25, 0.3) is 0 Å². The Morgan fingerprint density at radius 1 is 1.43 bits per heavy atom. The molecular formula is C13H22N6O2. The van der Waals surface area contributed by atoms with Crippen molar-refractivity contribution in [2.45, 2.75) is 19.9 Å². The number of nitrogens with zero attached hydrogens (tertiary/aromatic N) is 2. The number of hydrogen-bond donors (Lipinski definition) is 4. The van der Waals surface area contributed by atoms with E-state index in [4.69, 9.17) is 0 Å². The van der Waals surface area contributed by atoms with Crippen LogP contribution in [-0.4, -0.2) is 66.2 Å². The fourth-order valence-corrected chi connectivity index (χ4v) is 2.46. The predicted octanol–water partition coefficient (Wildman–Crippen LogP) is -1.02. The van der Waals surface area contributed by atoms with Gasteiger partial charge in [0.05, 0.1) is 23.6 Å². The van der Waals surface area contributed by atoms with E-state index in [2.05, 4.69) is 26.1 Å². The van der Waals surface area contributed by atoms with Crippen molar-refractivity contribution >= 4 is 17.5 Å². The summed E-state index contributed by atoms with van der Waals surface area (Å²) in [5, 5.41) is 15.5. The normalized spacial score (nSPS) is 19.3. The Balaban J connectivity index is 1.99. The highest BCUT2D eigenvalue weighted by Gasteiger charge is 2.29.